The van der Waals surface area contributed by atoms with E-state index in [1.165, 1.54) is 12.8 Å². The molecule has 1 saturated carbocycles. The van der Waals surface area contributed by atoms with Crippen molar-refractivity contribution < 1.29 is 9.53 Å². The number of aromatic nitrogens is 3. The summed E-state index contributed by atoms with van der Waals surface area (Å²) in [7, 11) is 0. The van der Waals surface area contributed by atoms with Gasteiger partial charge < -0.3 is 15.0 Å². The topological polar surface area (TPSA) is 83.1 Å². The summed E-state index contributed by atoms with van der Waals surface area (Å²) in [5, 5.41) is 10.1. The van der Waals surface area contributed by atoms with E-state index in [9.17, 15) is 4.79 Å². The molecule has 7 nitrogen and oxygen atoms in total. The highest BCUT2D eigenvalue weighted by Gasteiger charge is 2.29. The predicted octanol–water partition coefficient (Wildman–Crippen LogP) is 1.42. The van der Waals surface area contributed by atoms with E-state index in [2.05, 4.69) is 20.5 Å². The molecule has 2 heterocycles. The van der Waals surface area contributed by atoms with E-state index in [0.29, 0.717) is 31.4 Å². The number of nitrogens with zero attached hydrogens (tertiary/aromatic N) is 3. The molecule has 0 spiro atoms. The molecule has 1 saturated heterocycles. The number of carbonyl (C=O) groups excluding carboxylic acids is 1. The van der Waals surface area contributed by atoms with E-state index in [1.54, 1.807) is 4.90 Å². The van der Waals surface area contributed by atoms with Crippen LogP contribution in [0.4, 0.5) is 4.79 Å². The fraction of sp³-hybridized carbons (Fsp3) is 0.786. The molecular formula is C14H23N5O2. The van der Waals surface area contributed by atoms with Crippen molar-refractivity contribution in [3.8, 4) is 0 Å². The maximum Gasteiger partial charge on any atom is 0.317 e. The van der Waals surface area contributed by atoms with Crippen LogP contribution in [0.25, 0.3) is 0 Å². The van der Waals surface area contributed by atoms with Crippen LogP contribution in [0.15, 0.2) is 0 Å². The van der Waals surface area contributed by atoms with E-state index in [-0.39, 0.29) is 18.1 Å². The van der Waals surface area contributed by atoms with Gasteiger partial charge in [0, 0.05) is 19.0 Å². The summed E-state index contributed by atoms with van der Waals surface area (Å²) in [6.45, 7) is 6.56. The summed E-state index contributed by atoms with van der Waals surface area (Å²) < 4.78 is 5.72. The Morgan fingerprint density at radius 3 is 3.00 bits per heavy atom. The Morgan fingerprint density at radius 2 is 2.33 bits per heavy atom. The minimum absolute atomic E-state index is 0.00111. The smallest absolute Gasteiger partial charge is 0.317 e. The van der Waals surface area contributed by atoms with Gasteiger partial charge in [-0.15, -0.1) is 0 Å². The zero-order valence-electron chi connectivity index (χ0n) is 12.6. The molecule has 2 aliphatic rings. The van der Waals surface area contributed by atoms with Crippen LogP contribution in [0, 0.1) is 5.92 Å². The van der Waals surface area contributed by atoms with Crippen molar-refractivity contribution in [2.75, 3.05) is 26.2 Å². The lowest BCUT2D eigenvalue weighted by molar-refractivity contribution is -0.0198. The summed E-state index contributed by atoms with van der Waals surface area (Å²) in [6.07, 6.45) is 2.26. The second-order valence-electron chi connectivity index (χ2n) is 6.17. The predicted molar refractivity (Wildman–Crippen MR) is 76.9 cm³/mol. The number of rotatable bonds is 4. The molecule has 1 aliphatic carbocycles. The molecule has 1 atom stereocenters. The quantitative estimate of drug-likeness (QED) is 0.879. The number of aromatic amines is 1. The Kier molecular flexibility index (Phi) is 4.10. The third kappa shape index (κ3) is 3.53. The molecule has 2 fully saturated rings. The van der Waals surface area contributed by atoms with Gasteiger partial charge in [0.05, 0.1) is 13.2 Å². The van der Waals surface area contributed by atoms with Crippen molar-refractivity contribution in [1.29, 1.82) is 0 Å². The van der Waals surface area contributed by atoms with Crippen molar-refractivity contribution in [1.82, 2.24) is 25.4 Å². The Labute approximate surface area is 124 Å². The van der Waals surface area contributed by atoms with Crippen LogP contribution in [-0.2, 0) is 4.74 Å². The maximum absolute atomic E-state index is 12.1. The van der Waals surface area contributed by atoms with Gasteiger partial charge in [0.15, 0.2) is 11.6 Å². The average molecular weight is 293 g/mol. The fourth-order valence-corrected chi connectivity index (χ4v) is 2.35. The molecular weight excluding hydrogens is 270 g/mol. The number of hydrogen-bond donors (Lipinski definition) is 2. The maximum atomic E-state index is 12.1. The Bertz CT molecular complexity index is 497. The molecule has 0 radical (unpaired) electrons. The second-order valence-corrected chi connectivity index (χ2v) is 6.17. The van der Waals surface area contributed by atoms with Crippen LogP contribution >= 0.6 is 0 Å². The van der Waals surface area contributed by atoms with Crippen LogP contribution in [0.5, 0.6) is 0 Å². The molecule has 116 valence electrons. The van der Waals surface area contributed by atoms with Gasteiger partial charge in [-0.3, -0.25) is 5.10 Å². The van der Waals surface area contributed by atoms with Gasteiger partial charge in [0.2, 0.25) is 0 Å². The highest BCUT2D eigenvalue weighted by Crippen LogP contribution is 2.27. The molecule has 2 N–H and O–H groups in total. The number of hydrogen-bond acceptors (Lipinski definition) is 4. The van der Waals surface area contributed by atoms with Gasteiger partial charge >= 0.3 is 6.03 Å². The van der Waals surface area contributed by atoms with Gasteiger partial charge in [-0.05, 0) is 18.8 Å². The van der Waals surface area contributed by atoms with Crippen LogP contribution in [-0.4, -0.2) is 52.4 Å². The third-order valence-corrected chi connectivity index (χ3v) is 3.93. The third-order valence-electron chi connectivity index (χ3n) is 3.93. The number of H-pyrrole nitrogens is 1. The molecule has 1 aromatic rings. The first-order chi connectivity index (χ1) is 10.1. The molecule has 7 heteroatoms. The molecule has 3 rings (SSSR count). The lowest BCUT2D eigenvalue weighted by atomic mass is 10.2. The largest absolute Gasteiger partial charge is 0.367 e. The zero-order chi connectivity index (χ0) is 14.8. The van der Waals surface area contributed by atoms with Crippen LogP contribution in [0.3, 0.4) is 0 Å². The second kappa shape index (κ2) is 6.01. The summed E-state index contributed by atoms with van der Waals surface area (Å²) in [5.41, 5.74) is 0. The number of nitrogens with one attached hydrogen (secondary N) is 2. The standard InChI is InChI=1S/C14H23N5O2/c1-9(2)12-16-13(18-17-12)11-8-19(5-6-21-11)14(20)15-7-10-3-4-10/h9-11H,3-8H2,1-2H3,(H,15,20)(H,16,17,18). The number of carbonyl (C=O) groups is 1. The van der Waals surface area contributed by atoms with Gasteiger partial charge in [-0.2, -0.15) is 5.10 Å². The van der Waals surface area contributed by atoms with Crippen molar-refractivity contribution in [3.05, 3.63) is 11.6 Å². The first-order valence-electron chi connectivity index (χ1n) is 7.70. The van der Waals surface area contributed by atoms with Crippen molar-refractivity contribution in [2.45, 2.75) is 38.7 Å². The van der Waals surface area contributed by atoms with E-state index >= 15 is 0 Å². The molecule has 2 amide bonds. The molecule has 1 unspecified atom stereocenters. The van der Waals surface area contributed by atoms with Gasteiger partial charge in [0.25, 0.3) is 0 Å². The first kappa shape index (κ1) is 14.3. The highest BCUT2D eigenvalue weighted by molar-refractivity contribution is 5.74. The summed E-state index contributed by atoms with van der Waals surface area (Å²) >= 11 is 0. The van der Waals surface area contributed by atoms with Gasteiger partial charge in [-0.25, -0.2) is 9.78 Å². The average Bonchev–Trinajstić information content (AvgIpc) is 3.18. The molecule has 1 aromatic heterocycles. The monoisotopic (exact) mass is 293 g/mol. The zero-order valence-corrected chi connectivity index (χ0v) is 12.6. The van der Waals surface area contributed by atoms with Crippen LogP contribution < -0.4 is 5.32 Å². The van der Waals surface area contributed by atoms with Crippen molar-refractivity contribution in [3.63, 3.8) is 0 Å². The molecule has 1 aliphatic heterocycles. The van der Waals surface area contributed by atoms with Crippen LogP contribution in [0.2, 0.25) is 0 Å². The number of urea groups is 1. The van der Waals surface area contributed by atoms with Crippen molar-refractivity contribution in [2.24, 2.45) is 5.92 Å². The normalized spacial score (nSPS) is 22.6. The van der Waals surface area contributed by atoms with Gasteiger partial charge in [0.1, 0.15) is 6.10 Å². The molecule has 0 aromatic carbocycles. The summed E-state index contributed by atoms with van der Waals surface area (Å²) in [5.74, 6) is 2.45. The SMILES string of the molecule is CC(C)c1n[nH]c(C2CN(C(=O)NCC3CC3)CCO2)n1. The Morgan fingerprint density at radius 1 is 1.52 bits per heavy atom. The number of morpholine rings is 1. The minimum Gasteiger partial charge on any atom is -0.367 e. The van der Waals surface area contributed by atoms with E-state index in [1.807, 2.05) is 13.8 Å². The lowest BCUT2D eigenvalue weighted by Crippen LogP contribution is -2.47. The van der Waals surface area contributed by atoms with Gasteiger partial charge in [-0.1, -0.05) is 13.8 Å². The van der Waals surface area contributed by atoms with E-state index in [0.717, 1.165) is 12.4 Å². The minimum atomic E-state index is -0.217. The lowest BCUT2D eigenvalue weighted by Gasteiger charge is -2.31. The van der Waals surface area contributed by atoms with E-state index < -0.39 is 0 Å². The summed E-state index contributed by atoms with van der Waals surface area (Å²) in [4.78, 5) is 18.4. The fourth-order valence-electron chi connectivity index (χ4n) is 2.35. The molecule has 0 bridgehead atoms. The highest BCUT2D eigenvalue weighted by atomic mass is 16.5. The Balaban J connectivity index is 1.57. The van der Waals surface area contributed by atoms with Crippen LogP contribution in [0.1, 0.15) is 50.4 Å². The molecule has 21 heavy (non-hydrogen) atoms. The number of amides is 2. The van der Waals surface area contributed by atoms with E-state index in [4.69, 9.17) is 4.74 Å². The number of ether oxygens (including phenoxy) is 1. The summed E-state index contributed by atoms with van der Waals surface area (Å²) in [6, 6.07) is -0.00111. The Hall–Kier alpha value is -1.63. The first-order valence-corrected chi connectivity index (χ1v) is 7.70. The van der Waals surface area contributed by atoms with Crippen molar-refractivity contribution >= 4 is 6.03 Å².